The molecule has 3 N–H and O–H groups in total. The molecular weight excluding hydrogens is 520 g/mol. The van der Waals surface area contributed by atoms with Crippen molar-refractivity contribution in [1.29, 1.82) is 0 Å². The van der Waals surface area contributed by atoms with Crippen LogP contribution in [0.25, 0.3) is 0 Å². The number of rotatable bonds is 9. The Morgan fingerprint density at radius 3 is 2.59 bits per heavy atom. The second-order valence-corrected chi connectivity index (χ2v) is 9.77. The summed E-state index contributed by atoms with van der Waals surface area (Å²) in [6.45, 7) is 1.45. The molecule has 0 saturated carbocycles. The van der Waals surface area contributed by atoms with Crippen LogP contribution in [0.15, 0.2) is 46.1 Å². The maximum absolute atomic E-state index is 14.8. The second kappa shape index (κ2) is 11.4. The molecule has 2 aromatic carbocycles. The normalized spacial score (nSPS) is 11.0. The fraction of sp³-hybridized carbons (Fsp3) is 0.211. The van der Waals surface area contributed by atoms with Crippen molar-refractivity contribution in [3.8, 4) is 0 Å². The Labute approximate surface area is 206 Å². The molecule has 3 aromatic rings. The van der Waals surface area contributed by atoms with Crippen LogP contribution < -0.4 is 20.3 Å². The monoisotopic (exact) mass is 539 g/mol. The zero-order chi connectivity index (χ0) is 22.6. The molecule has 1 aromatic heterocycles. The quantitative estimate of drug-likeness (QED) is 0.345. The van der Waals surface area contributed by atoms with Crippen molar-refractivity contribution >= 4 is 79.8 Å². The Balaban J connectivity index is 0.00000363. The maximum Gasteiger partial charge on any atom is 0.266 e. The molecule has 174 valence electrons. The molecule has 0 aliphatic rings. The summed E-state index contributed by atoms with van der Waals surface area (Å²) in [5, 5.41) is 8.23. The standard InChI is InChI=1S/C19H20Cl2FN5O2S2.ClH/c1-23-5-6-27(2)17-7-12(20)3-4-15(17)25-16-9-14(22)18(8-13(16)21)31(28,29)26-19-10-30-11-24-19;/h3-4,7-11,23,25-26H,5-6H2,1-2H3;1H. The van der Waals surface area contributed by atoms with E-state index in [9.17, 15) is 12.8 Å². The Morgan fingerprint density at radius 2 is 1.94 bits per heavy atom. The third kappa shape index (κ3) is 6.37. The summed E-state index contributed by atoms with van der Waals surface area (Å²) in [5.74, 6) is -0.841. The molecule has 0 fully saturated rings. The Hall–Kier alpha value is -1.82. The SMILES string of the molecule is CNCCN(C)c1cc(Cl)ccc1Nc1cc(F)c(S(=O)(=O)Nc2cscn2)cc1Cl.Cl. The molecule has 0 aliphatic heterocycles. The molecule has 0 unspecified atom stereocenters. The molecule has 0 atom stereocenters. The summed E-state index contributed by atoms with van der Waals surface area (Å²) < 4.78 is 42.1. The zero-order valence-corrected chi connectivity index (χ0v) is 21.0. The van der Waals surface area contributed by atoms with Gasteiger partial charge in [-0.2, -0.15) is 0 Å². The number of likely N-dealkylation sites (N-methyl/N-ethyl adjacent to an activating group) is 2. The van der Waals surface area contributed by atoms with Crippen LogP contribution in [-0.2, 0) is 10.0 Å². The van der Waals surface area contributed by atoms with Crippen LogP contribution in [-0.4, -0.2) is 40.6 Å². The van der Waals surface area contributed by atoms with Crippen LogP contribution in [0.4, 0.5) is 27.3 Å². The van der Waals surface area contributed by atoms with Gasteiger partial charge in [-0.05, 0) is 31.3 Å². The van der Waals surface area contributed by atoms with E-state index in [-0.39, 0.29) is 28.9 Å². The lowest BCUT2D eigenvalue weighted by Crippen LogP contribution is -2.27. The summed E-state index contributed by atoms with van der Waals surface area (Å²) in [4.78, 5) is 5.25. The topological polar surface area (TPSA) is 86.4 Å². The van der Waals surface area contributed by atoms with E-state index in [1.165, 1.54) is 22.2 Å². The minimum Gasteiger partial charge on any atom is -0.372 e. The lowest BCUT2D eigenvalue weighted by Gasteiger charge is -2.23. The predicted octanol–water partition coefficient (Wildman–Crippen LogP) is 5.21. The summed E-state index contributed by atoms with van der Waals surface area (Å²) in [6, 6.07) is 7.33. The molecule has 0 saturated heterocycles. The number of thiazole rings is 1. The van der Waals surface area contributed by atoms with Gasteiger partial charge in [0.2, 0.25) is 0 Å². The highest BCUT2D eigenvalue weighted by atomic mass is 35.5. The van der Waals surface area contributed by atoms with Gasteiger partial charge in [-0.3, -0.25) is 4.72 Å². The molecule has 7 nitrogen and oxygen atoms in total. The number of sulfonamides is 1. The van der Waals surface area contributed by atoms with Gasteiger partial charge in [0.15, 0.2) is 5.82 Å². The van der Waals surface area contributed by atoms with Crippen LogP contribution in [0.5, 0.6) is 0 Å². The third-order valence-corrected chi connectivity index (χ3v) is 6.82. The average Bonchev–Trinajstić information content (AvgIpc) is 3.22. The van der Waals surface area contributed by atoms with Crippen LogP contribution >= 0.6 is 46.9 Å². The van der Waals surface area contributed by atoms with E-state index in [0.29, 0.717) is 17.3 Å². The molecule has 0 radical (unpaired) electrons. The van der Waals surface area contributed by atoms with Gasteiger partial charge < -0.3 is 15.5 Å². The van der Waals surface area contributed by atoms with Gasteiger partial charge in [-0.1, -0.05) is 23.2 Å². The first-order valence-corrected chi connectivity index (χ1v) is 12.2. The van der Waals surface area contributed by atoms with Crippen LogP contribution in [0.1, 0.15) is 0 Å². The van der Waals surface area contributed by atoms with Crippen LogP contribution in [0.2, 0.25) is 10.0 Å². The largest absolute Gasteiger partial charge is 0.372 e. The minimum atomic E-state index is -4.19. The first-order valence-electron chi connectivity index (χ1n) is 9.03. The lowest BCUT2D eigenvalue weighted by atomic mass is 10.2. The van der Waals surface area contributed by atoms with Crippen LogP contribution in [0.3, 0.4) is 0 Å². The molecule has 0 bridgehead atoms. The number of aromatic nitrogens is 1. The molecule has 0 spiro atoms. The average molecular weight is 541 g/mol. The van der Waals surface area contributed by atoms with Gasteiger partial charge in [0, 0.05) is 36.6 Å². The number of halogens is 4. The van der Waals surface area contributed by atoms with E-state index in [1.54, 1.807) is 18.2 Å². The van der Waals surface area contributed by atoms with Gasteiger partial charge in [-0.15, -0.1) is 23.7 Å². The number of hydrogen-bond acceptors (Lipinski definition) is 7. The van der Waals surface area contributed by atoms with Gasteiger partial charge in [0.05, 0.1) is 27.6 Å². The van der Waals surface area contributed by atoms with Gasteiger partial charge in [0.25, 0.3) is 10.0 Å². The van der Waals surface area contributed by atoms with Crippen molar-refractivity contribution in [3.63, 3.8) is 0 Å². The molecular formula is C19H21Cl3FN5O2S2. The summed E-state index contributed by atoms with van der Waals surface area (Å²) in [5.41, 5.74) is 3.10. The van der Waals surface area contributed by atoms with Crippen molar-refractivity contribution in [3.05, 3.63) is 57.1 Å². The first kappa shape index (κ1) is 26.4. The smallest absolute Gasteiger partial charge is 0.266 e. The van der Waals surface area contributed by atoms with Crippen molar-refractivity contribution in [2.24, 2.45) is 0 Å². The third-order valence-electron chi connectivity index (χ3n) is 4.32. The molecule has 1 heterocycles. The highest BCUT2D eigenvalue weighted by molar-refractivity contribution is 7.92. The number of benzene rings is 2. The summed E-state index contributed by atoms with van der Waals surface area (Å²) >= 11 is 13.7. The number of hydrogen-bond donors (Lipinski definition) is 3. The number of anilines is 4. The highest BCUT2D eigenvalue weighted by Gasteiger charge is 2.23. The molecule has 13 heteroatoms. The minimum absolute atomic E-state index is 0. The van der Waals surface area contributed by atoms with E-state index < -0.39 is 20.7 Å². The van der Waals surface area contributed by atoms with Crippen LogP contribution in [0, 0.1) is 5.82 Å². The van der Waals surface area contributed by atoms with E-state index >= 15 is 0 Å². The van der Waals surface area contributed by atoms with Crippen molar-refractivity contribution in [1.82, 2.24) is 10.3 Å². The fourth-order valence-electron chi connectivity index (χ4n) is 2.76. The molecule has 0 amide bonds. The van der Waals surface area contributed by atoms with E-state index in [0.717, 1.165) is 24.4 Å². The maximum atomic E-state index is 14.8. The first-order chi connectivity index (χ1) is 14.7. The molecule has 32 heavy (non-hydrogen) atoms. The summed E-state index contributed by atoms with van der Waals surface area (Å²) in [7, 11) is -0.437. The highest BCUT2D eigenvalue weighted by Crippen LogP contribution is 2.35. The Kier molecular flexibility index (Phi) is 9.38. The van der Waals surface area contributed by atoms with E-state index in [4.69, 9.17) is 23.2 Å². The Morgan fingerprint density at radius 1 is 1.19 bits per heavy atom. The zero-order valence-electron chi connectivity index (χ0n) is 17.0. The van der Waals surface area contributed by atoms with Crippen molar-refractivity contribution in [2.45, 2.75) is 4.90 Å². The van der Waals surface area contributed by atoms with Crippen molar-refractivity contribution in [2.75, 3.05) is 42.1 Å². The predicted molar refractivity (Wildman–Crippen MR) is 134 cm³/mol. The number of nitrogens with zero attached hydrogens (tertiary/aromatic N) is 2. The number of nitrogens with one attached hydrogen (secondary N) is 3. The van der Waals surface area contributed by atoms with Gasteiger partial charge in [-0.25, -0.2) is 17.8 Å². The van der Waals surface area contributed by atoms with E-state index in [2.05, 4.69) is 20.3 Å². The fourth-order valence-corrected chi connectivity index (χ4v) is 4.84. The van der Waals surface area contributed by atoms with Gasteiger partial charge in [0.1, 0.15) is 10.7 Å². The Bertz CT molecular complexity index is 1160. The van der Waals surface area contributed by atoms with Gasteiger partial charge >= 0.3 is 0 Å². The molecule has 0 aliphatic carbocycles. The van der Waals surface area contributed by atoms with E-state index in [1.807, 2.05) is 19.0 Å². The summed E-state index contributed by atoms with van der Waals surface area (Å²) in [6.07, 6.45) is 0. The lowest BCUT2D eigenvalue weighted by molar-refractivity contribution is 0.570. The second-order valence-electron chi connectivity index (χ2n) is 6.55. The van der Waals surface area contributed by atoms with Crippen molar-refractivity contribution < 1.29 is 12.8 Å². The molecule has 3 rings (SSSR count).